The summed E-state index contributed by atoms with van der Waals surface area (Å²) in [6, 6.07) is 18.6. The van der Waals surface area contributed by atoms with E-state index in [1.54, 1.807) is 0 Å². The van der Waals surface area contributed by atoms with Gasteiger partial charge in [-0.15, -0.1) is 0 Å². The summed E-state index contributed by atoms with van der Waals surface area (Å²) < 4.78 is 0. The molecule has 1 aliphatic heterocycles. The van der Waals surface area contributed by atoms with E-state index in [0.29, 0.717) is 0 Å². The molecule has 0 saturated heterocycles. The van der Waals surface area contributed by atoms with Crippen LogP contribution in [0, 0.1) is 0 Å². The third kappa shape index (κ3) is 3.21. The van der Waals surface area contributed by atoms with Gasteiger partial charge in [-0.3, -0.25) is 4.99 Å². The fraction of sp³-hybridized carbons (Fsp3) is 0.208. The van der Waals surface area contributed by atoms with Crippen molar-refractivity contribution < 1.29 is 5.11 Å². The molecule has 4 rings (SSSR count). The minimum absolute atomic E-state index is 0.124. The van der Waals surface area contributed by atoms with E-state index in [-0.39, 0.29) is 11.3 Å². The number of para-hydroxylation sites is 1. The molecular formula is C24H24N2O. The number of aromatic nitrogens is 1. The molecule has 0 amide bonds. The van der Waals surface area contributed by atoms with E-state index in [4.69, 9.17) is 0 Å². The first-order valence-electron chi connectivity index (χ1n) is 9.22. The van der Waals surface area contributed by atoms with Gasteiger partial charge in [0.15, 0.2) is 5.88 Å². The molecule has 0 bridgehead atoms. The molecule has 2 N–H and O–H groups in total. The molecule has 1 aliphatic rings. The number of nitrogens with one attached hydrogen (secondary N) is 1. The van der Waals surface area contributed by atoms with Crippen LogP contribution in [0.4, 0.5) is 5.69 Å². The zero-order valence-corrected chi connectivity index (χ0v) is 16.2. The Bertz CT molecular complexity index is 1060. The number of nitrogens with zero attached hydrogens (tertiary/aromatic N) is 1. The third-order valence-electron chi connectivity index (χ3n) is 5.06. The summed E-state index contributed by atoms with van der Waals surface area (Å²) >= 11 is 0. The molecule has 0 spiro atoms. The number of hydrogen-bond acceptors (Lipinski definition) is 2. The predicted molar refractivity (Wildman–Crippen MR) is 114 cm³/mol. The molecule has 3 heteroatoms. The maximum atomic E-state index is 10.4. The summed E-state index contributed by atoms with van der Waals surface area (Å²) in [5.74, 6) is 0.176. The highest BCUT2D eigenvalue weighted by molar-refractivity contribution is 6.31. The van der Waals surface area contributed by atoms with Gasteiger partial charge in [0, 0.05) is 28.1 Å². The van der Waals surface area contributed by atoms with E-state index >= 15 is 0 Å². The fourth-order valence-corrected chi connectivity index (χ4v) is 3.45. The van der Waals surface area contributed by atoms with Crippen molar-refractivity contribution in [2.45, 2.75) is 33.1 Å². The van der Waals surface area contributed by atoms with Crippen molar-refractivity contribution in [1.82, 2.24) is 4.98 Å². The average molecular weight is 356 g/mol. The van der Waals surface area contributed by atoms with Crippen LogP contribution in [-0.4, -0.2) is 15.8 Å². The average Bonchev–Trinajstić information content (AvgIpc) is 3.15. The number of benzene rings is 2. The first-order chi connectivity index (χ1) is 12.8. The van der Waals surface area contributed by atoms with Crippen molar-refractivity contribution >= 4 is 23.0 Å². The smallest absolute Gasteiger partial charge is 0.196 e. The van der Waals surface area contributed by atoms with Gasteiger partial charge < -0.3 is 10.1 Å². The summed E-state index contributed by atoms with van der Waals surface area (Å²) in [6.07, 6.45) is 2.00. The van der Waals surface area contributed by atoms with Gasteiger partial charge in [0.2, 0.25) is 0 Å². The van der Waals surface area contributed by atoms with Crippen molar-refractivity contribution in [1.29, 1.82) is 0 Å². The molecule has 136 valence electrons. The minimum atomic E-state index is 0.124. The molecule has 0 saturated carbocycles. The third-order valence-corrected chi connectivity index (χ3v) is 5.06. The van der Waals surface area contributed by atoms with Crippen molar-refractivity contribution in [2.75, 3.05) is 0 Å². The predicted octanol–water partition coefficient (Wildman–Crippen LogP) is 6.33. The Morgan fingerprint density at radius 3 is 2.41 bits per heavy atom. The summed E-state index contributed by atoms with van der Waals surface area (Å²) in [6.45, 7) is 8.62. The molecule has 2 heterocycles. The zero-order valence-electron chi connectivity index (χ0n) is 16.2. The van der Waals surface area contributed by atoms with Gasteiger partial charge in [0.25, 0.3) is 0 Å². The number of rotatable bonds is 2. The number of aromatic hydroxyl groups is 1. The van der Waals surface area contributed by atoms with Crippen molar-refractivity contribution in [3.8, 4) is 17.1 Å². The quantitative estimate of drug-likeness (QED) is 0.553. The van der Waals surface area contributed by atoms with E-state index in [1.807, 2.05) is 37.3 Å². The van der Waals surface area contributed by atoms with Crippen molar-refractivity contribution in [3.63, 3.8) is 0 Å². The van der Waals surface area contributed by atoms with Gasteiger partial charge in [0.05, 0.1) is 5.69 Å². The summed E-state index contributed by atoms with van der Waals surface area (Å²) in [5, 5.41) is 10.4. The Kier molecular flexibility index (Phi) is 4.03. The Hall–Kier alpha value is -3.07. The molecule has 1 aromatic heterocycles. The highest BCUT2D eigenvalue weighted by atomic mass is 16.3. The summed E-state index contributed by atoms with van der Waals surface area (Å²) in [4.78, 5) is 7.72. The van der Waals surface area contributed by atoms with Gasteiger partial charge in [-0.2, -0.15) is 0 Å². The van der Waals surface area contributed by atoms with Crippen LogP contribution in [0.5, 0.6) is 5.88 Å². The minimum Gasteiger partial charge on any atom is -0.494 e. The number of aliphatic imine (C=N–C) groups is 1. The standard InChI is InChI=1S/C24H24N2O/c1-15-20(19-7-5-6-8-21(19)25-15)13-17-14-22(26-23(17)27)16-9-11-18(12-10-16)24(2,3)4/h5-14,26-27H,1-4H3/b20-13+. The molecule has 27 heavy (non-hydrogen) atoms. The largest absolute Gasteiger partial charge is 0.494 e. The van der Waals surface area contributed by atoms with Crippen LogP contribution in [0.2, 0.25) is 0 Å². The lowest BCUT2D eigenvalue weighted by Gasteiger charge is -2.18. The SMILES string of the molecule is CC1=Nc2ccccc2/C1=C/c1cc(-c2ccc(C(C)(C)C)cc2)[nH]c1O. The van der Waals surface area contributed by atoms with Crippen LogP contribution in [0.1, 0.15) is 44.4 Å². The molecule has 3 nitrogen and oxygen atoms in total. The second kappa shape index (κ2) is 6.27. The number of aromatic amines is 1. The van der Waals surface area contributed by atoms with E-state index in [2.05, 4.69) is 61.1 Å². The van der Waals surface area contributed by atoms with Crippen molar-refractivity contribution in [2.24, 2.45) is 4.99 Å². The topological polar surface area (TPSA) is 48.4 Å². The highest BCUT2D eigenvalue weighted by Gasteiger charge is 2.18. The van der Waals surface area contributed by atoms with Gasteiger partial charge in [-0.05, 0) is 41.7 Å². The second-order valence-corrected chi connectivity index (χ2v) is 8.09. The molecule has 0 atom stereocenters. The van der Waals surface area contributed by atoms with E-state index in [0.717, 1.165) is 39.4 Å². The van der Waals surface area contributed by atoms with Crippen LogP contribution >= 0.6 is 0 Å². The van der Waals surface area contributed by atoms with Gasteiger partial charge in [-0.25, -0.2) is 0 Å². The van der Waals surface area contributed by atoms with Gasteiger partial charge in [-0.1, -0.05) is 63.2 Å². The van der Waals surface area contributed by atoms with E-state index in [1.165, 1.54) is 5.56 Å². The maximum Gasteiger partial charge on any atom is 0.196 e. The lowest BCUT2D eigenvalue weighted by atomic mass is 9.86. The number of hydrogen-bond donors (Lipinski definition) is 2. The zero-order chi connectivity index (χ0) is 19.2. The molecule has 0 radical (unpaired) electrons. The van der Waals surface area contributed by atoms with Crippen LogP contribution in [0.15, 0.2) is 59.6 Å². The van der Waals surface area contributed by atoms with Crippen LogP contribution < -0.4 is 0 Å². The molecular weight excluding hydrogens is 332 g/mol. The maximum absolute atomic E-state index is 10.4. The van der Waals surface area contributed by atoms with Gasteiger partial charge in [0.1, 0.15) is 0 Å². The van der Waals surface area contributed by atoms with E-state index < -0.39 is 0 Å². The van der Waals surface area contributed by atoms with E-state index in [9.17, 15) is 5.11 Å². The Labute approximate surface area is 160 Å². The Balaban J connectivity index is 1.70. The first kappa shape index (κ1) is 17.3. The summed E-state index contributed by atoms with van der Waals surface area (Å²) in [5.41, 5.74) is 8.24. The molecule has 0 aliphatic carbocycles. The normalized spacial score (nSPS) is 15.1. The molecule has 0 fully saturated rings. The summed E-state index contributed by atoms with van der Waals surface area (Å²) in [7, 11) is 0. The van der Waals surface area contributed by atoms with Crippen molar-refractivity contribution in [3.05, 3.63) is 71.3 Å². The lowest BCUT2D eigenvalue weighted by molar-refractivity contribution is 0.456. The number of fused-ring (bicyclic) bond motifs is 1. The number of H-pyrrole nitrogens is 1. The van der Waals surface area contributed by atoms with Crippen LogP contribution in [0.3, 0.4) is 0 Å². The fourth-order valence-electron chi connectivity index (χ4n) is 3.45. The molecule has 2 aromatic carbocycles. The second-order valence-electron chi connectivity index (χ2n) is 8.09. The first-order valence-corrected chi connectivity index (χ1v) is 9.22. The van der Waals surface area contributed by atoms with Crippen LogP contribution in [-0.2, 0) is 5.41 Å². The Morgan fingerprint density at radius 2 is 1.70 bits per heavy atom. The molecule has 3 aromatic rings. The van der Waals surface area contributed by atoms with Crippen LogP contribution in [0.25, 0.3) is 22.9 Å². The monoisotopic (exact) mass is 356 g/mol. The van der Waals surface area contributed by atoms with Gasteiger partial charge >= 0.3 is 0 Å². The Morgan fingerprint density at radius 1 is 1.00 bits per heavy atom. The highest BCUT2D eigenvalue weighted by Crippen LogP contribution is 2.37. The lowest BCUT2D eigenvalue weighted by Crippen LogP contribution is -2.10. The molecule has 0 unspecified atom stereocenters. The number of allylic oxidation sites excluding steroid dienone is 1.